The van der Waals surface area contributed by atoms with Crippen molar-refractivity contribution in [3.8, 4) is 5.75 Å². The summed E-state index contributed by atoms with van der Waals surface area (Å²) in [6.45, 7) is 1.50. The van der Waals surface area contributed by atoms with Crippen LogP contribution < -0.4 is 10.5 Å². The molecule has 5 heteroatoms. The maximum atomic E-state index is 5.69. The fourth-order valence-corrected chi connectivity index (χ4v) is 2.02. The summed E-state index contributed by atoms with van der Waals surface area (Å²) in [4.78, 5) is 0. The summed E-state index contributed by atoms with van der Waals surface area (Å²) in [7, 11) is 0. The third-order valence-corrected chi connectivity index (χ3v) is 3.18. The third-order valence-electron chi connectivity index (χ3n) is 2.29. The largest absolute Gasteiger partial charge is 0.492 e. The number of aryl methyl sites for hydroxylation is 1. The van der Waals surface area contributed by atoms with E-state index in [0.717, 1.165) is 22.3 Å². The van der Waals surface area contributed by atoms with E-state index in [1.807, 2.05) is 35.1 Å². The van der Waals surface area contributed by atoms with Crippen LogP contribution in [0, 0.1) is 3.57 Å². The summed E-state index contributed by atoms with van der Waals surface area (Å²) in [5, 5.41) is 4.11. The van der Waals surface area contributed by atoms with E-state index < -0.39 is 0 Å². The van der Waals surface area contributed by atoms with Crippen LogP contribution in [0.25, 0.3) is 0 Å². The Morgan fingerprint density at radius 2 is 2.12 bits per heavy atom. The molecule has 0 fully saturated rings. The van der Waals surface area contributed by atoms with Gasteiger partial charge in [-0.2, -0.15) is 5.10 Å². The van der Waals surface area contributed by atoms with Gasteiger partial charge in [-0.3, -0.25) is 4.68 Å². The quantitative estimate of drug-likeness (QED) is 0.671. The van der Waals surface area contributed by atoms with Gasteiger partial charge in [0.2, 0.25) is 0 Å². The summed E-state index contributed by atoms with van der Waals surface area (Å²) in [6, 6.07) is 9.78. The molecule has 0 spiro atoms. The first-order chi connectivity index (χ1) is 8.25. The molecule has 0 atom stereocenters. The highest BCUT2D eigenvalue weighted by Gasteiger charge is 1.99. The molecule has 0 saturated carbocycles. The molecular weight excluding hydrogens is 329 g/mol. The van der Waals surface area contributed by atoms with Crippen molar-refractivity contribution in [1.29, 1.82) is 0 Å². The minimum absolute atomic E-state index is 0.559. The maximum absolute atomic E-state index is 5.69. The predicted octanol–water partition coefficient (Wildman–Crippen LogP) is 2.54. The van der Waals surface area contributed by atoms with Gasteiger partial charge < -0.3 is 10.5 Å². The average Bonchev–Trinajstić information content (AvgIpc) is 2.73. The molecule has 2 N–H and O–H groups in total. The van der Waals surface area contributed by atoms with Crippen LogP contribution in [0.5, 0.6) is 5.75 Å². The Morgan fingerprint density at radius 1 is 1.29 bits per heavy atom. The lowest BCUT2D eigenvalue weighted by atomic mass is 10.3. The molecule has 0 aliphatic heterocycles. The van der Waals surface area contributed by atoms with Crippen LogP contribution in [-0.2, 0) is 6.54 Å². The van der Waals surface area contributed by atoms with Crippen LogP contribution in [0.3, 0.4) is 0 Å². The molecular formula is C12H14IN3O. The van der Waals surface area contributed by atoms with Crippen molar-refractivity contribution in [3.63, 3.8) is 0 Å². The molecule has 0 unspecified atom stereocenters. The van der Waals surface area contributed by atoms with Gasteiger partial charge >= 0.3 is 0 Å². The van der Waals surface area contributed by atoms with Crippen molar-refractivity contribution in [1.82, 2.24) is 9.78 Å². The second-order valence-corrected chi connectivity index (χ2v) is 4.80. The van der Waals surface area contributed by atoms with Crippen molar-refractivity contribution in [2.24, 2.45) is 0 Å². The van der Waals surface area contributed by atoms with Crippen LogP contribution in [0.2, 0.25) is 0 Å². The zero-order valence-corrected chi connectivity index (χ0v) is 11.5. The summed E-state index contributed by atoms with van der Waals surface area (Å²) >= 11 is 2.27. The lowest BCUT2D eigenvalue weighted by Crippen LogP contribution is -2.05. The lowest BCUT2D eigenvalue weighted by Gasteiger charge is -2.07. The predicted molar refractivity (Wildman–Crippen MR) is 75.9 cm³/mol. The minimum Gasteiger partial charge on any atom is -0.492 e. The number of ether oxygens (including phenoxy) is 1. The number of para-hydroxylation sites is 1. The monoisotopic (exact) mass is 343 g/mol. The SMILES string of the molecule is Nc1ccn(CCCOc2ccccc2I)n1. The highest BCUT2D eigenvalue weighted by Crippen LogP contribution is 2.19. The number of hydrogen-bond acceptors (Lipinski definition) is 3. The van der Waals surface area contributed by atoms with Gasteiger partial charge in [0.25, 0.3) is 0 Å². The first-order valence-electron chi connectivity index (χ1n) is 5.42. The van der Waals surface area contributed by atoms with Crippen molar-refractivity contribution < 1.29 is 4.74 Å². The topological polar surface area (TPSA) is 53.1 Å². The van der Waals surface area contributed by atoms with E-state index in [1.54, 1.807) is 6.07 Å². The molecule has 0 radical (unpaired) electrons. The highest BCUT2D eigenvalue weighted by atomic mass is 127. The normalized spacial score (nSPS) is 10.4. The maximum Gasteiger partial charge on any atom is 0.145 e. The fourth-order valence-electron chi connectivity index (χ4n) is 1.47. The molecule has 1 aromatic carbocycles. The molecule has 4 nitrogen and oxygen atoms in total. The molecule has 1 heterocycles. The fraction of sp³-hybridized carbons (Fsp3) is 0.250. The molecule has 0 amide bonds. The molecule has 2 aromatic rings. The Hall–Kier alpha value is -1.24. The summed E-state index contributed by atoms with van der Waals surface area (Å²) < 4.78 is 8.65. The summed E-state index contributed by atoms with van der Waals surface area (Å²) in [5.74, 6) is 1.50. The van der Waals surface area contributed by atoms with E-state index in [1.165, 1.54) is 0 Å². The van der Waals surface area contributed by atoms with Crippen molar-refractivity contribution in [2.75, 3.05) is 12.3 Å². The molecule has 2 rings (SSSR count). The Kier molecular flexibility index (Phi) is 4.24. The Labute approximate surface area is 114 Å². The molecule has 0 saturated heterocycles. The third kappa shape index (κ3) is 3.62. The van der Waals surface area contributed by atoms with Gasteiger partial charge in [-0.25, -0.2) is 0 Å². The van der Waals surface area contributed by atoms with Gasteiger partial charge in [-0.1, -0.05) is 12.1 Å². The van der Waals surface area contributed by atoms with E-state index in [4.69, 9.17) is 10.5 Å². The average molecular weight is 343 g/mol. The Morgan fingerprint density at radius 3 is 2.82 bits per heavy atom. The number of rotatable bonds is 5. The Bertz CT molecular complexity index is 484. The molecule has 0 aliphatic rings. The van der Waals surface area contributed by atoms with Gasteiger partial charge in [0, 0.05) is 19.2 Å². The molecule has 0 aliphatic carbocycles. The van der Waals surface area contributed by atoms with Crippen molar-refractivity contribution in [2.45, 2.75) is 13.0 Å². The number of nitrogen functional groups attached to an aromatic ring is 1. The minimum atomic E-state index is 0.559. The van der Waals surface area contributed by atoms with E-state index in [-0.39, 0.29) is 0 Å². The van der Waals surface area contributed by atoms with Gasteiger partial charge in [-0.05, 0) is 40.8 Å². The number of nitrogens with two attached hydrogens (primary N) is 1. The smallest absolute Gasteiger partial charge is 0.145 e. The van der Waals surface area contributed by atoms with Crippen LogP contribution in [-0.4, -0.2) is 16.4 Å². The number of hydrogen-bond donors (Lipinski definition) is 1. The van der Waals surface area contributed by atoms with Crippen LogP contribution in [0.15, 0.2) is 36.5 Å². The molecule has 1 aromatic heterocycles. The van der Waals surface area contributed by atoms with E-state index in [2.05, 4.69) is 27.7 Å². The highest BCUT2D eigenvalue weighted by molar-refractivity contribution is 14.1. The van der Waals surface area contributed by atoms with Crippen LogP contribution in [0.4, 0.5) is 5.82 Å². The van der Waals surface area contributed by atoms with Gasteiger partial charge in [-0.15, -0.1) is 0 Å². The zero-order valence-electron chi connectivity index (χ0n) is 9.34. The number of halogens is 1. The molecule has 90 valence electrons. The van der Waals surface area contributed by atoms with Crippen molar-refractivity contribution in [3.05, 3.63) is 40.1 Å². The standard InChI is InChI=1S/C12H14IN3O/c13-10-4-1-2-5-11(10)17-9-3-7-16-8-6-12(14)15-16/h1-2,4-6,8H,3,7,9H2,(H2,14,15). The summed E-state index contributed by atoms with van der Waals surface area (Å²) in [6.07, 6.45) is 2.79. The molecule has 17 heavy (non-hydrogen) atoms. The van der Waals surface area contributed by atoms with Gasteiger partial charge in [0.15, 0.2) is 0 Å². The summed E-state index contributed by atoms with van der Waals surface area (Å²) in [5.41, 5.74) is 5.53. The zero-order chi connectivity index (χ0) is 12.1. The number of aromatic nitrogens is 2. The van der Waals surface area contributed by atoms with Crippen molar-refractivity contribution >= 4 is 28.4 Å². The Balaban J connectivity index is 1.75. The first-order valence-corrected chi connectivity index (χ1v) is 6.50. The van der Waals surface area contributed by atoms with E-state index in [9.17, 15) is 0 Å². The van der Waals surface area contributed by atoms with Gasteiger partial charge in [0.05, 0.1) is 10.2 Å². The number of nitrogens with zero attached hydrogens (tertiary/aromatic N) is 2. The van der Waals surface area contributed by atoms with Crippen LogP contribution in [0.1, 0.15) is 6.42 Å². The van der Waals surface area contributed by atoms with E-state index >= 15 is 0 Å². The van der Waals surface area contributed by atoms with Crippen LogP contribution >= 0.6 is 22.6 Å². The number of benzene rings is 1. The molecule has 0 bridgehead atoms. The second-order valence-electron chi connectivity index (χ2n) is 3.64. The van der Waals surface area contributed by atoms with E-state index in [0.29, 0.717) is 12.4 Å². The lowest BCUT2D eigenvalue weighted by molar-refractivity contribution is 0.297. The number of anilines is 1. The first kappa shape index (κ1) is 12.2. The van der Waals surface area contributed by atoms with Gasteiger partial charge in [0.1, 0.15) is 11.6 Å². The second kappa shape index (κ2) is 5.90.